The highest BCUT2D eigenvalue weighted by molar-refractivity contribution is 5.05. The van der Waals surface area contributed by atoms with Gasteiger partial charge in [0.05, 0.1) is 11.1 Å². The Morgan fingerprint density at radius 3 is 0.917 bits per heavy atom. The number of hydrogen-bond acceptors (Lipinski definition) is 2. The first-order valence-corrected chi connectivity index (χ1v) is 3.65. The molecule has 4 N–H and O–H groups in total. The molecule has 0 aliphatic heterocycles. The number of nitrogens with two attached hydrogens (primary N) is 2. The van der Waals surface area contributed by atoms with E-state index in [0.29, 0.717) is 0 Å². The first-order valence-electron chi connectivity index (χ1n) is 3.65. The highest BCUT2D eigenvalue weighted by atomic mass is 14.7. The molecule has 0 unspecified atom stereocenters. The van der Waals surface area contributed by atoms with E-state index in [9.17, 15) is 0 Å². The molecule has 0 aromatic carbocycles. The third-order valence-electron chi connectivity index (χ3n) is 0.744. The SMILES string of the molecule is C#CC(C)(C)N.C#CC(C)(C)N. The molecule has 2 heteroatoms. The minimum Gasteiger partial charge on any atom is -0.316 e. The molecule has 0 saturated heterocycles. The van der Waals surface area contributed by atoms with Crippen molar-refractivity contribution in [2.24, 2.45) is 11.5 Å². The van der Waals surface area contributed by atoms with Crippen molar-refractivity contribution in [3.05, 3.63) is 0 Å². The fourth-order valence-electron chi connectivity index (χ4n) is 0. The lowest BCUT2D eigenvalue weighted by Crippen LogP contribution is -2.28. The Kier molecular flexibility index (Phi) is 5.48. The van der Waals surface area contributed by atoms with Gasteiger partial charge < -0.3 is 11.5 Å². The number of terminal acetylenes is 2. The van der Waals surface area contributed by atoms with Crippen molar-refractivity contribution in [1.29, 1.82) is 0 Å². The second-order valence-electron chi connectivity index (χ2n) is 3.73. The standard InChI is InChI=1S/2C5H9N/c2*1-4-5(2,3)6/h2*1H,6H2,2-3H3. The normalized spacial score (nSPS) is 10.3. The van der Waals surface area contributed by atoms with E-state index in [4.69, 9.17) is 24.3 Å². The second-order valence-corrected chi connectivity index (χ2v) is 3.73. The Bertz CT molecular complexity index is 166. The van der Waals surface area contributed by atoms with E-state index in [2.05, 4.69) is 11.8 Å². The maximum Gasteiger partial charge on any atom is 0.0716 e. The van der Waals surface area contributed by atoms with Gasteiger partial charge in [-0.1, -0.05) is 11.8 Å². The van der Waals surface area contributed by atoms with Gasteiger partial charge in [0.15, 0.2) is 0 Å². The molecular weight excluding hydrogens is 148 g/mol. The molecule has 0 aliphatic rings. The molecule has 0 radical (unpaired) electrons. The molecule has 0 aliphatic carbocycles. The van der Waals surface area contributed by atoms with Crippen LogP contribution >= 0.6 is 0 Å². The highest BCUT2D eigenvalue weighted by Crippen LogP contribution is 1.89. The van der Waals surface area contributed by atoms with E-state index in [1.165, 1.54) is 0 Å². The van der Waals surface area contributed by atoms with Crippen molar-refractivity contribution in [3.8, 4) is 24.7 Å². The molecule has 0 spiro atoms. The Balaban J connectivity index is 0. The van der Waals surface area contributed by atoms with Crippen LogP contribution in [-0.4, -0.2) is 11.1 Å². The Labute approximate surface area is 75.7 Å². The van der Waals surface area contributed by atoms with Crippen LogP contribution in [-0.2, 0) is 0 Å². The van der Waals surface area contributed by atoms with Crippen molar-refractivity contribution >= 4 is 0 Å². The predicted molar refractivity (Wildman–Crippen MR) is 54.2 cm³/mol. The quantitative estimate of drug-likeness (QED) is 0.521. The van der Waals surface area contributed by atoms with Crippen molar-refractivity contribution in [2.45, 2.75) is 38.8 Å². The van der Waals surface area contributed by atoms with Gasteiger partial charge in [-0.15, -0.1) is 12.8 Å². The van der Waals surface area contributed by atoms with Crippen LogP contribution < -0.4 is 11.5 Å². The fourth-order valence-corrected chi connectivity index (χ4v) is 0. The van der Waals surface area contributed by atoms with Crippen LogP contribution in [0.2, 0.25) is 0 Å². The minimum atomic E-state index is -0.431. The molecule has 0 heterocycles. The van der Waals surface area contributed by atoms with E-state index >= 15 is 0 Å². The Morgan fingerprint density at radius 1 is 0.833 bits per heavy atom. The summed E-state index contributed by atoms with van der Waals surface area (Å²) in [7, 11) is 0. The summed E-state index contributed by atoms with van der Waals surface area (Å²) in [5.74, 6) is 4.76. The maximum absolute atomic E-state index is 5.30. The van der Waals surface area contributed by atoms with Gasteiger partial charge in [-0.2, -0.15) is 0 Å². The van der Waals surface area contributed by atoms with Crippen molar-refractivity contribution in [2.75, 3.05) is 0 Å². The van der Waals surface area contributed by atoms with Crippen LogP contribution in [0, 0.1) is 24.7 Å². The van der Waals surface area contributed by atoms with Crippen LogP contribution in [0.25, 0.3) is 0 Å². The minimum absolute atomic E-state index is 0.431. The average Bonchev–Trinajstić information content (AvgIpc) is 1.86. The zero-order valence-electron chi connectivity index (χ0n) is 8.31. The molecule has 0 atom stereocenters. The lowest BCUT2D eigenvalue weighted by Gasteiger charge is -2.05. The molecule has 0 saturated carbocycles. The van der Waals surface area contributed by atoms with Crippen LogP contribution in [0.3, 0.4) is 0 Å². The molecule has 68 valence electrons. The summed E-state index contributed by atoms with van der Waals surface area (Å²) in [6, 6.07) is 0. The van der Waals surface area contributed by atoms with Crippen LogP contribution in [0.15, 0.2) is 0 Å². The van der Waals surface area contributed by atoms with Crippen LogP contribution in [0.1, 0.15) is 27.7 Å². The summed E-state index contributed by atoms with van der Waals surface area (Å²) in [5, 5.41) is 0. The fraction of sp³-hybridized carbons (Fsp3) is 0.600. The molecule has 2 nitrogen and oxygen atoms in total. The van der Waals surface area contributed by atoms with Gasteiger partial charge in [-0.05, 0) is 27.7 Å². The van der Waals surface area contributed by atoms with Gasteiger partial charge in [0.2, 0.25) is 0 Å². The predicted octanol–water partition coefficient (Wildman–Crippen LogP) is 0.714. The van der Waals surface area contributed by atoms with E-state index < -0.39 is 11.1 Å². The zero-order valence-corrected chi connectivity index (χ0v) is 8.31. The second kappa shape index (κ2) is 4.83. The Morgan fingerprint density at radius 2 is 0.917 bits per heavy atom. The van der Waals surface area contributed by atoms with Crippen molar-refractivity contribution in [1.82, 2.24) is 0 Å². The number of rotatable bonds is 0. The van der Waals surface area contributed by atoms with E-state index in [-0.39, 0.29) is 0 Å². The molecule has 0 rings (SSSR count). The monoisotopic (exact) mass is 166 g/mol. The third-order valence-corrected chi connectivity index (χ3v) is 0.744. The summed E-state index contributed by atoms with van der Waals surface area (Å²) in [6.45, 7) is 7.14. The topological polar surface area (TPSA) is 52.0 Å². The summed E-state index contributed by atoms with van der Waals surface area (Å²) in [6.07, 6.45) is 9.86. The summed E-state index contributed by atoms with van der Waals surface area (Å²) < 4.78 is 0. The van der Waals surface area contributed by atoms with E-state index in [0.717, 1.165) is 0 Å². The van der Waals surface area contributed by atoms with Crippen LogP contribution in [0.5, 0.6) is 0 Å². The lowest BCUT2D eigenvalue weighted by atomic mass is 10.1. The highest BCUT2D eigenvalue weighted by Gasteiger charge is 2.01. The molecule has 0 aromatic rings. The third kappa shape index (κ3) is 23.0. The first-order chi connectivity index (χ1) is 5.12. The van der Waals surface area contributed by atoms with Gasteiger partial charge >= 0.3 is 0 Å². The van der Waals surface area contributed by atoms with Crippen molar-refractivity contribution in [3.63, 3.8) is 0 Å². The molecular formula is C10H18N2. The molecule has 0 amide bonds. The maximum atomic E-state index is 5.30. The molecule has 0 aromatic heterocycles. The summed E-state index contributed by atoms with van der Waals surface area (Å²) in [5.41, 5.74) is 9.74. The Hall–Kier alpha value is -0.960. The van der Waals surface area contributed by atoms with E-state index in [1.54, 1.807) is 27.7 Å². The van der Waals surface area contributed by atoms with E-state index in [1.807, 2.05) is 0 Å². The largest absolute Gasteiger partial charge is 0.316 e. The van der Waals surface area contributed by atoms with Crippen LogP contribution in [0.4, 0.5) is 0 Å². The number of hydrogen-bond donors (Lipinski definition) is 2. The first kappa shape index (κ1) is 13.6. The molecule has 0 fully saturated rings. The van der Waals surface area contributed by atoms with Gasteiger partial charge in [-0.25, -0.2) is 0 Å². The molecule has 0 bridgehead atoms. The van der Waals surface area contributed by atoms with Crippen molar-refractivity contribution < 1.29 is 0 Å². The smallest absolute Gasteiger partial charge is 0.0716 e. The van der Waals surface area contributed by atoms with Gasteiger partial charge in [0.1, 0.15) is 0 Å². The molecule has 12 heavy (non-hydrogen) atoms. The lowest BCUT2D eigenvalue weighted by molar-refractivity contribution is 0.681. The zero-order chi connectivity index (χ0) is 10.4. The van der Waals surface area contributed by atoms with Gasteiger partial charge in [0.25, 0.3) is 0 Å². The summed E-state index contributed by atoms with van der Waals surface area (Å²) >= 11 is 0. The van der Waals surface area contributed by atoms with Gasteiger partial charge in [-0.3, -0.25) is 0 Å². The van der Waals surface area contributed by atoms with Gasteiger partial charge in [0, 0.05) is 0 Å². The summed E-state index contributed by atoms with van der Waals surface area (Å²) in [4.78, 5) is 0. The average molecular weight is 166 g/mol.